The number of carbonyl (C=O) groups is 1. The van der Waals surface area contributed by atoms with Gasteiger partial charge in [0.1, 0.15) is 0 Å². The minimum Gasteiger partial charge on any atom is -0.385 e. The van der Waals surface area contributed by atoms with E-state index >= 15 is 0 Å². The number of nitrogens with zero attached hydrogens (tertiary/aromatic N) is 1. The van der Waals surface area contributed by atoms with Crippen LogP contribution in [0.15, 0.2) is 0 Å². The molecule has 1 amide bonds. The molecule has 20 heavy (non-hydrogen) atoms. The van der Waals surface area contributed by atoms with Crippen LogP contribution in [0, 0.1) is 0 Å². The predicted molar refractivity (Wildman–Crippen MR) is 81.9 cm³/mol. The Labute approximate surface area is 123 Å². The van der Waals surface area contributed by atoms with Crippen molar-refractivity contribution in [1.29, 1.82) is 0 Å². The first-order valence-corrected chi connectivity index (χ1v) is 7.85. The molecular weight excluding hydrogens is 254 g/mol. The van der Waals surface area contributed by atoms with Crippen LogP contribution in [0.25, 0.3) is 0 Å². The van der Waals surface area contributed by atoms with Gasteiger partial charge in [-0.05, 0) is 46.2 Å². The lowest BCUT2D eigenvalue weighted by Gasteiger charge is -2.28. The van der Waals surface area contributed by atoms with E-state index in [2.05, 4.69) is 15.5 Å². The number of carbonyl (C=O) groups excluding carboxylic acids is 1. The summed E-state index contributed by atoms with van der Waals surface area (Å²) in [6, 6.07) is 0.560. The van der Waals surface area contributed by atoms with Crippen molar-refractivity contribution in [2.45, 2.75) is 51.1 Å². The number of hydrogen-bond donors (Lipinski definition) is 2. The minimum absolute atomic E-state index is 0.0684. The topological polar surface area (TPSA) is 53.6 Å². The van der Waals surface area contributed by atoms with Gasteiger partial charge in [-0.3, -0.25) is 9.69 Å². The molecule has 0 radical (unpaired) electrons. The van der Waals surface area contributed by atoms with Crippen LogP contribution in [0.1, 0.15) is 39.0 Å². The van der Waals surface area contributed by atoms with Gasteiger partial charge in [0, 0.05) is 32.8 Å². The molecule has 1 aliphatic heterocycles. The Bertz CT molecular complexity index is 268. The van der Waals surface area contributed by atoms with Crippen molar-refractivity contribution in [2.24, 2.45) is 0 Å². The largest absolute Gasteiger partial charge is 0.385 e. The second-order valence-electron chi connectivity index (χ2n) is 5.73. The Kier molecular flexibility index (Phi) is 8.82. The molecule has 0 spiro atoms. The van der Waals surface area contributed by atoms with E-state index in [-0.39, 0.29) is 11.9 Å². The van der Waals surface area contributed by atoms with E-state index in [1.807, 2.05) is 14.0 Å². The molecule has 2 atom stereocenters. The molecule has 118 valence electrons. The van der Waals surface area contributed by atoms with Crippen molar-refractivity contribution in [3.8, 4) is 0 Å². The van der Waals surface area contributed by atoms with Gasteiger partial charge in [-0.2, -0.15) is 0 Å². The summed E-state index contributed by atoms with van der Waals surface area (Å²) in [6.07, 6.45) is 5.89. The Morgan fingerprint density at radius 2 is 2.30 bits per heavy atom. The summed E-state index contributed by atoms with van der Waals surface area (Å²) in [7, 11) is 3.71. The van der Waals surface area contributed by atoms with Crippen LogP contribution in [0.4, 0.5) is 0 Å². The molecule has 0 aliphatic carbocycles. The summed E-state index contributed by atoms with van der Waals surface area (Å²) < 4.78 is 4.97. The molecule has 1 fully saturated rings. The highest BCUT2D eigenvalue weighted by molar-refractivity contribution is 5.81. The van der Waals surface area contributed by atoms with Gasteiger partial charge in [-0.1, -0.05) is 6.42 Å². The molecule has 1 rings (SSSR count). The standard InChI is InChI=1S/C15H31N3O2/c1-13(15(19)17-10-6-12-20-3)18(2)11-8-14-7-4-5-9-16-14/h13-14,16H,4-12H2,1-3H3,(H,17,19). The van der Waals surface area contributed by atoms with Crippen molar-refractivity contribution in [3.05, 3.63) is 0 Å². The third-order valence-corrected chi connectivity index (χ3v) is 4.11. The van der Waals surface area contributed by atoms with Crippen molar-refractivity contribution >= 4 is 5.91 Å². The maximum atomic E-state index is 12.0. The van der Waals surface area contributed by atoms with Gasteiger partial charge in [-0.15, -0.1) is 0 Å². The van der Waals surface area contributed by atoms with Crippen molar-refractivity contribution < 1.29 is 9.53 Å². The molecule has 2 unspecified atom stereocenters. The molecule has 1 aliphatic rings. The van der Waals surface area contributed by atoms with Crippen molar-refractivity contribution in [2.75, 3.05) is 40.4 Å². The van der Waals surface area contributed by atoms with E-state index in [0.29, 0.717) is 19.2 Å². The average Bonchev–Trinajstić information content (AvgIpc) is 2.49. The minimum atomic E-state index is -0.0684. The maximum absolute atomic E-state index is 12.0. The van der Waals surface area contributed by atoms with E-state index in [1.165, 1.54) is 19.3 Å². The summed E-state index contributed by atoms with van der Waals surface area (Å²) in [6.45, 7) is 5.46. The fourth-order valence-electron chi connectivity index (χ4n) is 2.50. The van der Waals surface area contributed by atoms with E-state index in [9.17, 15) is 4.79 Å². The zero-order chi connectivity index (χ0) is 14.8. The quantitative estimate of drug-likeness (QED) is 0.620. The van der Waals surface area contributed by atoms with Gasteiger partial charge < -0.3 is 15.4 Å². The first-order valence-electron chi connectivity index (χ1n) is 7.85. The van der Waals surface area contributed by atoms with Crippen LogP contribution in [-0.4, -0.2) is 63.3 Å². The van der Waals surface area contributed by atoms with E-state index in [4.69, 9.17) is 4.74 Å². The summed E-state index contributed by atoms with van der Waals surface area (Å²) >= 11 is 0. The zero-order valence-corrected chi connectivity index (χ0v) is 13.3. The molecule has 0 saturated carbocycles. The molecule has 1 saturated heterocycles. The van der Waals surface area contributed by atoms with Crippen LogP contribution >= 0.6 is 0 Å². The molecule has 5 nitrogen and oxygen atoms in total. The van der Waals surface area contributed by atoms with Crippen LogP contribution < -0.4 is 10.6 Å². The Morgan fingerprint density at radius 3 is 2.95 bits per heavy atom. The van der Waals surface area contributed by atoms with Gasteiger partial charge >= 0.3 is 0 Å². The van der Waals surface area contributed by atoms with Crippen molar-refractivity contribution in [1.82, 2.24) is 15.5 Å². The number of piperidine rings is 1. The summed E-state index contributed by atoms with van der Waals surface area (Å²) in [5.41, 5.74) is 0. The first kappa shape index (κ1) is 17.4. The van der Waals surface area contributed by atoms with E-state index < -0.39 is 0 Å². The average molecular weight is 285 g/mol. The monoisotopic (exact) mass is 285 g/mol. The number of rotatable bonds is 9. The summed E-state index contributed by atoms with van der Waals surface area (Å²) in [4.78, 5) is 14.1. The van der Waals surface area contributed by atoms with Crippen LogP contribution in [0.5, 0.6) is 0 Å². The SMILES string of the molecule is COCCCNC(=O)C(C)N(C)CCC1CCCCN1. The lowest BCUT2D eigenvalue weighted by molar-refractivity contribution is -0.125. The Morgan fingerprint density at radius 1 is 1.50 bits per heavy atom. The first-order chi connectivity index (χ1) is 9.65. The fourth-order valence-corrected chi connectivity index (χ4v) is 2.50. The predicted octanol–water partition coefficient (Wildman–Crippen LogP) is 0.992. The van der Waals surface area contributed by atoms with Gasteiger partial charge in [-0.25, -0.2) is 0 Å². The van der Waals surface area contributed by atoms with Crippen LogP contribution in [0.2, 0.25) is 0 Å². The van der Waals surface area contributed by atoms with E-state index in [1.54, 1.807) is 7.11 Å². The zero-order valence-electron chi connectivity index (χ0n) is 13.3. The van der Waals surface area contributed by atoms with Gasteiger partial charge in [0.2, 0.25) is 5.91 Å². The summed E-state index contributed by atoms with van der Waals surface area (Å²) in [5.74, 6) is 0.111. The molecule has 0 bridgehead atoms. The Balaban J connectivity index is 2.16. The number of ether oxygens (including phenoxy) is 1. The number of hydrogen-bond acceptors (Lipinski definition) is 4. The number of methoxy groups -OCH3 is 1. The maximum Gasteiger partial charge on any atom is 0.237 e. The highest BCUT2D eigenvalue weighted by Gasteiger charge is 2.19. The smallest absolute Gasteiger partial charge is 0.237 e. The Hall–Kier alpha value is -0.650. The second-order valence-corrected chi connectivity index (χ2v) is 5.73. The van der Waals surface area contributed by atoms with Crippen LogP contribution in [0.3, 0.4) is 0 Å². The lowest BCUT2D eigenvalue weighted by atomic mass is 10.0. The number of nitrogens with one attached hydrogen (secondary N) is 2. The highest BCUT2D eigenvalue weighted by atomic mass is 16.5. The second kappa shape index (κ2) is 10.1. The fraction of sp³-hybridized carbons (Fsp3) is 0.933. The van der Waals surface area contributed by atoms with Crippen LogP contribution in [-0.2, 0) is 9.53 Å². The van der Waals surface area contributed by atoms with Gasteiger partial charge in [0.05, 0.1) is 6.04 Å². The number of amides is 1. The molecule has 0 aromatic rings. The molecule has 2 N–H and O–H groups in total. The van der Waals surface area contributed by atoms with Gasteiger partial charge in [0.25, 0.3) is 0 Å². The summed E-state index contributed by atoms with van der Waals surface area (Å²) in [5, 5.41) is 6.51. The normalized spacial score (nSPS) is 20.9. The van der Waals surface area contributed by atoms with Crippen molar-refractivity contribution in [3.63, 3.8) is 0 Å². The lowest BCUT2D eigenvalue weighted by Crippen LogP contribution is -2.45. The third-order valence-electron chi connectivity index (χ3n) is 4.11. The van der Waals surface area contributed by atoms with E-state index in [0.717, 1.165) is 25.9 Å². The molecular formula is C15H31N3O2. The third kappa shape index (κ3) is 6.68. The molecule has 0 aromatic heterocycles. The van der Waals surface area contributed by atoms with Gasteiger partial charge in [0.15, 0.2) is 0 Å². The molecule has 1 heterocycles. The molecule has 5 heteroatoms. The molecule has 0 aromatic carbocycles. The number of likely N-dealkylation sites (N-methyl/N-ethyl adjacent to an activating group) is 1. The highest BCUT2D eigenvalue weighted by Crippen LogP contribution is 2.11.